The summed E-state index contributed by atoms with van der Waals surface area (Å²) >= 11 is 0. The van der Waals surface area contributed by atoms with Gasteiger partial charge in [0, 0.05) is 18.7 Å². The molecule has 0 radical (unpaired) electrons. The molecule has 8 heteroatoms. The van der Waals surface area contributed by atoms with Gasteiger partial charge < -0.3 is 10.9 Å². The number of nitrogens with two attached hydrogens (primary N) is 1. The zero-order chi connectivity index (χ0) is 16.1. The number of hydrogen-bond acceptors (Lipinski definition) is 6. The number of hydrazone groups is 1. The van der Waals surface area contributed by atoms with Gasteiger partial charge in [0.2, 0.25) is 0 Å². The van der Waals surface area contributed by atoms with E-state index in [2.05, 4.69) is 15.2 Å². The Morgan fingerprint density at radius 3 is 2.77 bits per heavy atom. The van der Waals surface area contributed by atoms with Crippen LogP contribution >= 0.6 is 0 Å². The van der Waals surface area contributed by atoms with Crippen molar-refractivity contribution in [1.29, 1.82) is 0 Å². The molecular weight excluding hydrogens is 286 g/mol. The molecule has 0 fully saturated rings. The molecule has 1 aromatic carbocycles. The molecule has 0 aliphatic heterocycles. The predicted octanol–water partition coefficient (Wildman–Crippen LogP) is 0.294. The summed E-state index contributed by atoms with van der Waals surface area (Å²) in [5.74, 6) is 3.91. The summed E-state index contributed by atoms with van der Waals surface area (Å²) in [7, 11) is 1.58. The van der Waals surface area contributed by atoms with E-state index in [1.807, 2.05) is 0 Å². The highest BCUT2D eigenvalue weighted by Gasteiger charge is 2.10. The second-order valence-corrected chi connectivity index (χ2v) is 4.21. The van der Waals surface area contributed by atoms with Crippen molar-refractivity contribution in [2.45, 2.75) is 0 Å². The van der Waals surface area contributed by atoms with E-state index in [4.69, 9.17) is 10.9 Å². The predicted molar refractivity (Wildman–Crippen MR) is 81.9 cm³/mol. The third-order valence-corrected chi connectivity index (χ3v) is 2.84. The average Bonchev–Trinajstić information content (AvgIpc) is 2.53. The zero-order valence-corrected chi connectivity index (χ0v) is 11.7. The van der Waals surface area contributed by atoms with Gasteiger partial charge in [-0.25, -0.2) is 4.79 Å². The molecule has 0 bridgehead atoms. The summed E-state index contributed by atoms with van der Waals surface area (Å²) in [5, 5.41) is 16.2. The van der Waals surface area contributed by atoms with Crippen LogP contribution in [0.5, 0.6) is 0 Å². The Morgan fingerprint density at radius 1 is 1.36 bits per heavy atom. The molecule has 0 spiro atoms. The summed E-state index contributed by atoms with van der Waals surface area (Å²) in [5.41, 5.74) is 0.940. The van der Waals surface area contributed by atoms with Crippen LogP contribution in [-0.4, -0.2) is 39.8 Å². The minimum absolute atomic E-state index is 0.224. The summed E-state index contributed by atoms with van der Waals surface area (Å²) in [6.07, 6.45) is 1.38. The molecule has 22 heavy (non-hydrogen) atoms. The third-order valence-electron chi connectivity index (χ3n) is 2.84. The number of nitrogens with zero attached hydrogens (tertiary/aromatic N) is 4. The van der Waals surface area contributed by atoms with Gasteiger partial charge in [-0.3, -0.25) is 9.79 Å². The second-order valence-electron chi connectivity index (χ2n) is 4.21. The maximum atomic E-state index is 11.9. The molecule has 0 aliphatic carbocycles. The fourth-order valence-corrected chi connectivity index (χ4v) is 1.84. The largest absolute Gasteiger partial charge is 0.476 e. The maximum Gasteiger partial charge on any atom is 0.356 e. The highest BCUT2D eigenvalue weighted by atomic mass is 16.4. The fourth-order valence-electron chi connectivity index (χ4n) is 1.84. The van der Waals surface area contributed by atoms with Crippen molar-refractivity contribution in [3.8, 4) is 5.69 Å². The number of benzene rings is 1. The third kappa shape index (κ3) is 3.06. The molecule has 0 atom stereocenters. The van der Waals surface area contributed by atoms with Gasteiger partial charge in [0.25, 0.3) is 5.56 Å². The summed E-state index contributed by atoms with van der Waals surface area (Å²) in [4.78, 5) is 26.9. The summed E-state index contributed by atoms with van der Waals surface area (Å²) in [6.45, 7) is 0. The lowest BCUT2D eigenvalue weighted by Crippen LogP contribution is -2.23. The SMILES string of the molecule is CN=C(C=NN)c1cccc(-n2nc(C(=O)O)ccc2=O)c1. The quantitative estimate of drug-likeness (QED) is 0.477. The molecule has 0 saturated carbocycles. The number of rotatable bonds is 4. The van der Waals surface area contributed by atoms with E-state index in [0.717, 1.165) is 16.8 Å². The van der Waals surface area contributed by atoms with Crippen molar-refractivity contribution in [3.05, 3.63) is 58.0 Å². The van der Waals surface area contributed by atoms with Crippen LogP contribution in [0.2, 0.25) is 0 Å². The minimum Gasteiger partial charge on any atom is -0.476 e. The van der Waals surface area contributed by atoms with E-state index in [0.29, 0.717) is 17.0 Å². The van der Waals surface area contributed by atoms with Crippen LogP contribution in [0.3, 0.4) is 0 Å². The lowest BCUT2D eigenvalue weighted by molar-refractivity contribution is 0.0688. The minimum atomic E-state index is -1.21. The topological polar surface area (TPSA) is 123 Å². The first-order chi connectivity index (χ1) is 10.6. The second kappa shape index (κ2) is 6.44. The number of aliphatic imine (C=N–C) groups is 1. The van der Waals surface area contributed by atoms with Crippen LogP contribution in [-0.2, 0) is 0 Å². The van der Waals surface area contributed by atoms with Gasteiger partial charge in [-0.2, -0.15) is 14.9 Å². The standard InChI is InChI=1S/C14H13N5O3/c1-16-12(8-17-15)9-3-2-4-10(7-9)19-13(20)6-5-11(18-19)14(21)22/h2-8H,15H2,1H3,(H,21,22). The van der Waals surface area contributed by atoms with Gasteiger partial charge in [-0.1, -0.05) is 12.1 Å². The monoisotopic (exact) mass is 299 g/mol. The van der Waals surface area contributed by atoms with E-state index in [-0.39, 0.29) is 5.69 Å². The first kappa shape index (κ1) is 15.1. The highest BCUT2D eigenvalue weighted by Crippen LogP contribution is 2.09. The molecule has 1 heterocycles. The van der Waals surface area contributed by atoms with Gasteiger partial charge in [-0.15, -0.1) is 0 Å². The van der Waals surface area contributed by atoms with Gasteiger partial charge in [0.1, 0.15) is 0 Å². The first-order valence-corrected chi connectivity index (χ1v) is 6.21. The Balaban J connectivity index is 2.57. The highest BCUT2D eigenvalue weighted by molar-refractivity contribution is 6.38. The Morgan fingerprint density at radius 2 is 2.14 bits per heavy atom. The van der Waals surface area contributed by atoms with Crippen molar-refractivity contribution in [2.24, 2.45) is 15.9 Å². The van der Waals surface area contributed by atoms with E-state index in [9.17, 15) is 9.59 Å². The van der Waals surface area contributed by atoms with Crippen molar-refractivity contribution in [3.63, 3.8) is 0 Å². The van der Waals surface area contributed by atoms with Crippen molar-refractivity contribution < 1.29 is 9.90 Å². The molecule has 0 amide bonds. The van der Waals surface area contributed by atoms with Crippen molar-refractivity contribution >= 4 is 17.9 Å². The summed E-state index contributed by atoms with van der Waals surface area (Å²) < 4.78 is 1.01. The molecule has 8 nitrogen and oxygen atoms in total. The molecule has 3 N–H and O–H groups in total. The van der Waals surface area contributed by atoms with Crippen molar-refractivity contribution in [1.82, 2.24) is 9.78 Å². The van der Waals surface area contributed by atoms with Crippen LogP contribution in [0.25, 0.3) is 5.69 Å². The molecule has 0 unspecified atom stereocenters. The lowest BCUT2D eigenvalue weighted by Gasteiger charge is -2.07. The number of carboxylic acid groups (broad SMARTS) is 1. The van der Waals surface area contributed by atoms with E-state index in [1.165, 1.54) is 6.21 Å². The molecule has 0 aliphatic rings. The molecule has 2 aromatic rings. The van der Waals surface area contributed by atoms with Crippen LogP contribution in [0.15, 0.2) is 51.3 Å². The normalized spacial score (nSPS) is 11.8. The van der Waals surface area contributed by atoms with E-state index >= 15 is 0 Å². The number of carboxylic acids is 1. The molecule has 2 rings (SSSR count). The fraction of sp³-hybridized carbons (Fsp3) is 0.0714. The van der Waals surface area contributed by atoms with Crippen LogP contribution in [0, 0.1) is 0 Å². The van der Waals surface area contributed by atoms with Crippen LogP contribution in [0.1, 0.15) is 16.1 Å². The Bertz CT molecular complexity index is 823. The van der Waals surface area contributed by atoms with Crippen molar-refractivity contribution in [2.75, 3.05) is 7.05 Å². The molecular formula is C14H13N5O3. The smallest absolute Gasteiger partial charge is 0.356 e. The van der Waals surface area contributed by atoms with Gasteiger partial charge in [0.05, 0.1) is 17.6 Å². The molecule has 0 saturated heterocycles. The summed E-state index contributed by atoms with van der Waals surface area (Å²) in [6, 6.07) is 9.05. The Hall–Kier alpha value is -3.29. The molecule has 112 valence electrons. The van der Waals surface area contributed by atoms with Gasteiger partial charge in [0.15, 0.2) is 5.69 Å². The number of hydrogen-bond donors (Lipinski definition) is 2. The van der Waals surface area contributed by atoms with E-state index < -0.39 is 11.5 Å². The van der Waals surface area contributed by atoms with Crippen LogP contribution < -0.4 is 11.4 Å². The first-order valence-electron chi connectivity index (χ1n) is 6.21. The maximum absolute atomic E-state index is 11.9. The van der Waals surface area contributed by atoms with Gasteiger partial charge in [-0.05, 0) is 18.2 Å². The number of aromatic nitrogens is 2. The number of carbonyl (C=O) groups is 1. The lowest BCUT2D eigenvalue weighted by atomic mass is 10.1. The van der Waals surface area contributed by atoms with E-state index in [1.54, 1.807) is 31.3 Å². The van der Waals surface area contributed by atoms with Crippen LogP contribution in [0.4, 0.5) is 0 Å². The zero-order valence-electron chi connectivity index (χ0n) is 11.7. The Kier molecular flexibility index (Phi) is 4.42. The van der Waals surface area contributed by atoms with Gasteiger partial charge >= 0.3 is 5.97 Å². The Labute approximate surface area is 125 Å². The average molecular weight is 299 g/mol. The molecule has 1 aromatic heterocycles. The number of aromatic carboxylic acids is 1.